The van der Waals surface area contributed by atoms with Crippen molar-refractivity contribution < 1.29 is 13.2 Å². The number of likely N-dealkylation sites (tertiary alicyclic amines) is 1. The number of hydrogen-bond donors (Lipinski definition) is 3. The number of nitrogens with zero attached hydrogens (tertiary/aromatic N) is 1. The Balaban J connectivity index is 1.70. The fourth-order valence-corrected chi connectivity index (χ4v) is 5.19. The molecule has 2 aliphatic rings. The number of nitrogens with one attached hydrogen (secondary N) is 2. The van der Waals surface area contributed by atoms with Crippen LogP contribution in [0.2, 0.25) is 0 Å². The third kappa shape index (κ3) is 4.24. The molecule has 0 bridgehead atoms. The first-order valence-electron chi connectivity index (χ1n) is 9.21. The third-order valence-electron chi connectivity index (χ3n) is 5.37. The highest BCUT2D eigenvalue weighted by atomic mass is 32.2. The molecule has 1 aromatic heterocycles. The number of sulfonamides is 1. The van der Waals surface area contributed by atoms with Gasteiger partial charge in [-0.1, -0.05) is 19.3 Å². The van der Waals surface area contributed by atoms with Crippen molar-refractivity contribution in [3.63, 3.8) is 0 Å². The van der Waals surface area contributed by atoms with E-state index in [1.807, 2.05) is 0 Å². The number of carbonyl (C=O) groups is 1. The van der Waals surface area contributed by atoms with Crippen molar-refractivity contribution in [1.29, 1.82) is 0 Å². The molecule has 3 rings (SSSR count). The maximum absolute atomic E-state index is 12.7. The van der Waals surface area contributed by atoms with Crippen molar-refractivity contribution in [2.24, 2.45) is 11.7 Å². The number of amides is 1. The second-order valence-corrected chi connectivity index (χ2v) is 8.82. The fourth-order valence-electron chi connectivity index (χ4n) is 3.88. The van der Waals surface area contributed by atoms with E-state index in [-0.39, 0.29) is 29.3 Å². The van der Waals surface area contributed by atoms with E-state index in [9.17, 15) is 13.2 Å². The van der Waals surface area contributed by atoms with Crippen molar-refractivity contribution >= 4 is 15.9 Å². The standard InChI is InChI=1S/C17H28N4O3S/c18-11-16(13-6-2-1-3-7-13)20-25(23,24)14-10-15(19-12-14)17(22)21-8-4-5-9-21/h10,12-13,16,19-20H,1-9,11,18H2. The Morgan fingerprint density at radius 2 is 1.92 bits per heavy atom. The maximum atomic E-state index is 12.7. The zero-order valence-electron chi connectivity index (χ0n) is 14.5. The summed E-state index contributed by atoms with van der Waals surface area (Å²) in [6.07, 6.45) is 8.87. The third-order valence-corrected chi connectivity index (χ3v) is 6.84. The summed E-state index contributed by atoms with van der Waals surface area (Å²) < 4.78 is 28.1. The largest absolute Gasteiger partial charge is 0.356 e. The molecule has 0 aromatic carbocycles. The summed E-state index contributed by atoms with van der Waals surface area (Å²) in [6.45, 7) is 1.75. The van der Waals surface area contributed by atoms with Gasteiger partial charge in [0.1, 0.15) is 10.6 Å². The normalized spacial score (nSPS) is 20.8. The second kappa shape index (κ2) is 7.88. The monoisotopic (exact) mass is 368 g/mol. The smallest absolute Gasteiger partial charge is 0.270 e. The molecule has 1 aliphatic heterocycles. The topological polar surface area (TPSA) is 108 Å². The number of aromatic nitrogens is 1. The van der Waals surface area contributed by atoms with Crippen LogP contribution in [0.15, 0.2) is 17.2 Å². The Hall–Kier alpha value is -1.38. The average molecular weight is 369 g/mol. The van der Waals surface area contributed by atoms with Gasteiger partial charge < -0.3 is 15.6 Å². The Kier molecular flexibility index (Phi) is 5.81. The van der Waals surface area contributed by atoms with Crippen LogP contribution in [0.25, 0.3) is 0 Å². The first-order chi connectivity index (χ1) is 12.0. The van der Waals surface area contributed by atoms with Gasteiger partial charge in [-0.2, -0.15) is 0 Å². The number of hydrogen-bond acceptors (Lipinski definition) is 4. The quantitative estimate of drug-likeness (QED) is 0.706. The van der Waals surface area contributed by atoms with Gasteiger partial charge in [0, 0.05) is 31.9 Å². The number of nitrogens with two attached hydrogens (primary N) is 1. The van der Waals surface area contributed by atoms with Crippen molar-refractivity contribution in [3.8, 4) is 0 Å². The summed E-state index contributed by atoms with van der Waals surface area (Å²) in [6, 6.07) is 1.18. The molecule has 25 heavy (non-hydrogen) atoms. The van der Waals surface area contributed by atoms with E-state index >= 15 is 0 Å². The van der Waals surface area contributed by atoms with Gasteiger partial charge in [0.05, 0.1) is 0 Å². The fraction of sp³-hybridized carbons (Fsp3) is 0.706. The summed E-state index contributed by atoms with van der Waals surface area (Å²) in [7, 11) is -3.69. The molecule has 8 heteroatoms. The molecular formula is C17H28N4O3S. The molecular weight excluding hydrogens is 340 g/mol. The van der Waals surface area contributed by atoms with Gasteiger partial charge in [-0.3, -0.25) is 4.79 Å². The lowest BCUT2D eigenvalue weighted by molar-refractivity contribution is 0.0787. The number of aromatic amines is 1. The molecule has 140 valence electrons. The van der Waals surface area contributed by atoms with Crippen LogP contribution in [0.5, 0.6) is 0 Å². The van der Waals surface area contributed by atoms with Crippen LogP contribution < -0.4 is 10.5 Å². The van der Waals surface area contributed by atoms with Gasteiger partial charge in [0.2, 0.25) is 10.0 Å². The molecule has 1 amide bonds. The molecule has 1 saturated carbocycles. The molecule has 1 atom stereocenters. The summed E-state index contributed by atoms with van der Waals surface area (Å²) in [4.78, 5) is 17.0. The maximum Gasteiger partial charge on any atom is 0.270 e. The molecule has 7 nitrogen and oxygen atoms in total. The van der Waals surface area contributed by atoms with Crippen LogP contribution >= 0.6 is 0 Å². The second-order valence-electron chi connectivity index (χ2n) is 7.11. The number of carbonyl (C=O) groups excluding carboxylic acids is 1. The molecule has 2 fully saturated rings. The van der Waals surface area contributed by atoms with E-state index in [1.54, 1.807) is 4.90 Å². The molecule has 1 unspecified atom stereocenters. The van der Waals surface area contributed by atoms with Crippen molar-refractivity contribution in [2.75, 3.05) is 19.6 Å². The van der Waals surface area contributed by atoms with Crippen LogP contribution in [0, 0.1) is 5.92 Å². The van der Waals surface area contributed by atoms with Gasteiger partial charge in [0.25, 0.3) is 5.91 Å². The van der Waals surface area contributed by atoms with Crippen LogP contribution in [0.1, 0.15) is 55.4 Å². The highest BCUT2D eigenvalue weighted by Gasteiger charge is 2.29. The van der Waals surface area contributed by atoms with Gasteiger partial charge in [-0.25, -0.2) is 13.1 Å². The lowest BCUT2D eigenvalue weighted by Crippen LogP contribution is -2.45. The SMILES string of the molecule is NCC(NS(=O)(=O)c1c[nH]c(C(=O)N2CCCC2)c1)C1CCCCC1. The molecule has 0 spiro atoms. The van der Waals surface area contributed by atoms with E-state index in [0.29, 0.717) is 5.69 Å². The van der Waals surface area contributed by atoms with Crippen molar-refractivity contribution in [3.05, 3.63) is 18.0 Å². The molecule has 0 radical (unpaired) electrons. The average Bonchev–Trinajstić information content (AvgIpc) is 3.31. The zero-order chi connectivity index (χ0) is 17.9. The molecule has 1 aromatic rings. The highest BCUT2D eigenvalue weighted by molar-refractivity contribution is 7.89. The van der Waals surface area contributed by atoms with Crippen LogP contribution in [-0.2, 0) is 10.0 Å². The minimum Gasteiger partial charge on any atom is -0.356 e. The molecule has 4 N–H and O–H groups in total. The Morgan fingerprint density at radius 1 is 1.24 bits per heavy atom. The highest BCUT2D eigenvalue weighted by Crippen LogP contribution is 2.27. The van der Waals surface area contributed by atoms with Crippen molar-refractivity contribution in [2.45, 2.75) is 55.9 Å². The predicted molar refractivity (Wildman–Crippen MR) is 95.7 cm³/mol. The minimum absolute atomic E-state index is 0.101. The van der Waals surface area contributed by atoms with Crippen LogP contribution in [-0.4, -0.2) is 49.9 Å². The van der Waals surface area contributed by atoms with E-state index < -0.39 is 10.0 Å². The van der Waals surface area contributed by atoms with E-state index in [2.05, 4.69) is 9.71 Å². The lowest BCUT2D eigenvalue weighted by atomic mass is 9.84. The summed E-state index contributed by atoms with van der Waals surface area (Å²) in [5.41, 5.74) is 6.15. The minimum atomic E-state index is -3.69. The predicted octanol–water partition coefficient (Wildman–Crippen LogP) is 1.44. The van der Waals surface area contributed by atoms with E-state index in [0.717, 1.165) is 51.6 Å². The van der Waals surface area contributed by atoms with Crippen molar-refractivity contribution in [1.82, 2.24) is 14.6 Å². The Morgan fingerprint density at radius 3 is 2.56 bits per heavy atom. The summed E-state index contributed by atoms with van der Waals surface area (Å²) in [5, 5.41) is 0. The van der Waals surface area contributed by atoms with Gasteiger partial charge in [0.15, 0.2) is 0 Å². The molecule has 2 heterocycles. The molecule has 1 aliphatic carbocycles. The first-order valence-corrected chi connectivity index (χ1v) is 10.7. The summed E-state index contributed by atoms with van der Waals surface area (Å²) in [5.74, 6) is 0.153. The first kappa shape index (κ1) is 18.4. The Labute approximate surface area is 149 Å². The summed E-state index contributed by atoms with van der Waals surface area (Å²) >= 11 is 0. The molecule has 1 saturated heterocycles. The van der Waals surface area contributed by atoms with Crippen LogP contribution in [0.3, 0.4) is 0 Å². The number of rotatable bonds is 6. The lowest BCUT2D eigenvalue weighted by Gasteiger charge is -2.29. The zero-order valence-corrected chi connectivity index (χ0v) is 15.4. The van der Waals surface area contributed by atoms with Crippen LogP contribution in [0.4, 0.5) is 0 Å². The van der Waals surface area contributed by atoms with E-state index in [1.165, 1.54) is 18.7 Å². The van der Waals surface area contributed by atoms with Gasteiger partial charge in [-0.15, -0.1) is 0 Å². The van der Waals surface area contributed by atoms with E-state index in [4.69, 9.17) is 5.73 Å². The van der Waals surface area contributed by atoms with Gasteiger partial charge >= 0.3 is 0 Å². The van der Waals surface area contributed by atoms with Gasteiger partial charge in [-0.05, 0) is 37.7 Å². The Bertz CT molecular complexity index is 689. The number of H-pyrrole nitrogens is 1.